The van der Waals surface area contributed by atoms with Gasteiger partial charge < -0.3 is 18.9 Å². The lowest BCUT2D eigenvalue weighted by molar-refractivity contribution is -0.152. The number of carbonyl (C=O) groups is 2. The second kappa shape index (κ2) is 8.81. The zero-order chi connectivity index (χ0) is 19.3. The van der Waals surface area contributed by atoms with Gasteiger partial charge in [-0.2, -0.15) is 0 Å². The Morgan fingerprint density at radius 1 is 1.46 bits per heavy atom. The van der Waals surface area contributed by atoms with Crippen LogP contribution in [0.2, 0.25) is 0 Å². The van der Waals surface area contributed by atoms with Crippen LogP contribution in [0, 0.1) is 0 Å². The van der Waals surface area contributed by atoms with Crippen molar-refractivity contribution in [3.63, 3.8) is 0 Å². The fourth-order valence-electron chi connectivity index (χ4n) is 2.48. The van der Waals surface area contributed by atoms with Crippen LogP contribution in [0.5, 0.6) is 0 Å². The zero-order valence-electron chi connectivity index (χ0n) is 14.0. The highest BCUT2D eigenvalue weighted by Crippen LogP contribution is 2.30. The Hall–Kier alpha value is -2.40. The lowest BCUT2D eigenvalue weighted by Crippen LogP contribution is -2.37. The van der Waals surface area contributed by atoms with Gasteiger partial charge in [-0.05, 0) is 11.1 Å². The molecule has 10 nitrogen and oxygen atoms in total. The number of hydrogen-bond acceptors (Lipinski definition) is 8. The molecule has 0 spiro atoms. The molecule has 1 fully saturated rings. The van der Waals surface area contributed by atoms with E-state index in [4.69, 9.17) is 14.2 Å². The number of nitrogens with zero attached hydrogens (tertiary/aromatic N) is 1. The number of ether oxygens (including phenoxy) is 4. The summed E-state index contributed by atoms with van der Waals surface area (Å²) in [6.07, 6.45) is -0.368. The molecule has 1 aliphatic heterocycles. The second-order valence-corrected chi connectivity index (χ2v) is 5.87. The lowest BCUT2D eigenvalue weighted by atomic mass is 10.2. The predicted octanol–water partition coefficient (Wildman–Crippen LogP) is 0.904. The molecule has 11 heteroatoms. The van der Waals surface area contributed by atoms with Gasteiger partial charge in [0.15, 0.2) is 6.23 Å². The minimum Gasteiger partial charge on any atom is -0.458 e. The number of methoxy groups -OCH3 is 1. The number of esters is 1. The number of carbonyl (C=O) groups excluding carboxylic acids is 2. The Balaban J connectivity index is 2.30. The summed E-state index contributed by atoms with van der Waals surface area (Å²) in [5, 5.41) is 0. The Bertz CT molecular complexity index is 815. The lowest BCUT2D eigenvalue weighted by Gasteiger charge is -2.20. The van der Waals surface area contributed by atoms with Crippen molar-refractivity contribution in [1.29, 1.82) is 0 Å². The SMILES string of the molecule is COC(=O)OC[C@@H]1C[C@@H](OC(C)=O)[C@H](n2cc(C=CBr)c(=O)[nH]c2=O)O1. The average Bonchev–Trinajstić information content (AvgIpc) is 2.97. The predicted molar refractivity (Wildman–Crippen MR) is 91.7 cm³/mol. The van der Waals surface area contributed by atoms with Crippen LogP contribution in [0.25, 0.3) is 6.08 Å². The van der Waals surface area contributed by atoms with Crippen LogP contribution in [0.15, 0.2) is 20.8 Å². The summed E-state index contributed by atoms with van der Waals surface area (Å²) in [6, 6.07) is 0. The molecule has 1 aliphatic rings. The van der Waals surface area contributed by atoms with E-state index in [1.165, 1.54) is 31.3 Å². The first-order valence-corrected chi connectivity index (χ1v) is 8.43. The molecule has 2 heterocycles. The molecule has 0 radical (unpaired) electrons. The maximum atomic E-state index is 12.2. The third-order valence-corrected chi connectivity index (χ3v) is 3.79. The number of hydrogen-bond donors (Lipinski definition) is 1. The van der Waals surface area contributed by atoms with Crippen molar-refractivity contribution in [3.8, 4) is 0 Å². The topological polar surface area (TPSA) is 126 Å². The quantitative estimate of drug-likeness (QED) is 0.680. The molecule has 0 aliphatic carbocycles. The molecular weight excluding hydrogens is 416 g/mol. The van der Waals surface area contributed by atoms with E-state index in [1.54, 1.807) is 0 Å². The van der Waals surface area contributed by atoms with E-state index in [0.29, 0.717) is 0 Å². The minimum absolute atomic E-state index is 0.146. The number of H-pyrrole nitrogens is 1. The maximum Gasteiger partial charge on any atom is 0.508 e. The van der Waals surface area contributed by atoms with Crippen molar-refractivity contribution in [2.24, 2.45) is 0 Å². The third kappa shape index (κ3) is 4.82. The Kier molecular flexibility index (Phi) is 6.75. The molecule has 26 heavy (non-hydrogen) atoms. The van der Waals surface area contributed by atoms with Gasteiger partial charge in [0.1, 0.15) is 12.7 Å². The Morgan fingerprint density at radius 3 is 2.81 bits per heavy atom. The molecule has 2 rings (SSSR count). The van der Waals surface area contributed by atoms with Crippen molar-refractivity contribution in [1.82, 2.24) is 9.55 Å². The van der Waals surface area contributed by atoms with Crippen LogP contribution in [0.4, 0.5) is 4.79 Å². The van der Waals surface area contributed by atoms with Gasteiger partial charge in [-0.15, -0.1) is 0 Å². The van der Waals surface area contributed by atoms with E-state index in [2.05, 4.69) is 25.7 Å². The monoisotopic (exact) mass is 432 g/mol. The molecule has 1 aromatic rings. The molecule has 0 aromatic carbocycles. The summed E-state index contributed by atoms with van der Waals surface area (Å²) < 4.78 is 21.3. The smallest absolute Gasteiger partial charge is 0.458 e. The third-order valence-electron chi connectivity index (χ3n) is 3.53. The number of aromatic nitrogens is 2. The van der Waals surface area contributed by atoms with E-state index in [9.17, 15) is 19.2 Å². The Morgan fingerprint density at radius 2 is 2.19 bits per heavy atom. The van der Waals surface area contributed by atoms with Gasteiger partial charge in [0.05, 0.1) is 18.8 Å². The first kappa shape index (κ1) is 19.9. The van der Waals surface area contributed by atoms with Gasteiger partial charge in [-0.25, -0.2) is 9.59 Å². The van der Waals surface area contributed by atoms with Gasteiger partial charge >= 0.3 is 17.8 Å². The van der Waals surface area contributed by atoms with Crippen molar-refractivity contribution >= 4 is 34.1 Å². The molecule has 1 saturated heterocycles. The number of halogens is 1. The van der Waals surface area contributed by atoms with Crippen LogP contribution in [0.1, 0.15) is 25.1 Å². The van der Waals surface area contributed by atoms with Crippen LogP contribution < -0.4 is 11.2 Å². The molecule has 3 atom stereocenters. The summed E-state index contributed by atoms with van der Waals surface area (Å²) in [5.41, 5.74) is -1.10. The van der Waals surface area contributed by atoms with Crippen LogP contribution in [0.3, 0.4) is 0 Å². The molecule has 0 unspecified atom stereocenters. The molecular formula is C15H17BrN2O8. The highest BCUT2D eigenvalue weighted by molar-refractivity contribution is 9.11. The fourth-order valence-corrected chi connectivity index (χ4v) is 2.77. The number of aromatic amines is 1. The summed E-state index contributed by atoms with van der Waals surface area (Å²) >= 11 is 3.06. The normalized spacial score (nSPS) is 22.3. The molecule has 0 saturated carbocycles. The van der Waals surface area contributed by atoms with E-state index >= 15 is 0 Å². The van der Waals surface area contributed by atoms with E-state index in [-0.39, 0.29) is 18.6 Å². The van der Waals surface area contributed by atoms with Gasteiger partial charge in [-0.1, -0.05) is 15.9 Å². The largest absolute Gasteiger partial charge is 0.508 e. The number of nitrogens with one attached hydrogen (secondary N) is 1. The van der Waals surface area contributed by atoms with Gasteiger partial charge in [-0.3, -0.25) is 19.1 Å². The van der Waals surface area contributed by atoms with Gasteiger partial charge in [0, 0.05) is 19.5 Å². The first-order chi connectivity index (χ1) is 12.3. The molecule has 142 valence electrons. The van der Waals surface area contributed by atoms with Crippen molar-refractivity contribution in [2.45, 2.75) is 31.8 Å². The summed E-state index contributed by atoms with van der Waals surface area (Å²) in [5.74, 6) is -0.559. The molecule has 0 amide bonds. The van der Waals surface area contributed by atoms with Crippen LogP contribution >= 0.6 is 15.9 Å². The van der Waals surface area contributed by atoms with Crippen LogP contribution in [-0.4, -0.2) is 47.6 Å². The Labute approximate surface area is 155 Å². The first-order valence-electron chi connectivity index (χ1n) is 7.51. The van der Waals surface area contributed by atoms with E-state index < -0.39 is 41.8 Å². The van der Waals surface area contributed by atoms with Gasteiger partial charge in [0.2, 0.25) is 0 Å². The zero-order valence-corrected chi connectivity index (χ0v) is 15.6. The average molecular weight is 433 g/mol. The summed E-state index contributed by atoms with van der Waals surface area (Å²) in [7, 11) is 1.17. The number of rotatable bonds is 5. The van der Waals surface area contributed by atoms with E-state index in [0.717, 1.165) is 4.57 Å². The molecule has 1 aromatic heterocycles. The van der Waals surface area contributed by atoms with Crippen molar-refractivity contribution < 1.29 is 28.5 Å². The maximum absolute atomic E-state index is 12.2. The summed E-state index contributed by atoms with van der Waals surface area (Å²) in [6.45, 7) is 1.08. The van der Waals surface area contributed by atoms with Crippen LogP contribution in [-0.2, 0) is 23.7 Å². The standard InChI is InChI=1S/C15H17BrN2O8/c1-8(19)25-11-5-10(7-24-15(22)23-2)26-13(11)18-6-9(3-4-16)12(20)17-14(18)21/h3-4,6,10-11,13H,5,7H2,1-2H3,(H,17,20,21)/t10-,11+,13+/m0/s1. The summed E-state index contributed by atoms with van der Waals surface area (Å²) in [4.78, 5) is 50.1. The highest BCUT2D eigenvalue weighted by atomic mass is 79.9. The molecule has 1 N–H and O–H groups in total. The fraction of sp³-hybridized carbons (Fsp3) is 0.467. The second-order valence-electron chi connectivity index (χ2n) is 5.34. The highest BCUT2D eigenvalue weighted by Gasteiger charge is 2.40. The van der Waals surface area contributed by atoms with Crippen molar-refractivity contribution in [3.05, 3.63) is 37.6 Å². The van der Waals surface area contributed by atoms with E-state index in [1.807, 2.05) is 0 Å². The molecule has 0 bridgehead atoms. The van der Waals surface area contributed by atoms with Gasteiger partial charge in [0.25, 0.3) is 5.56 Å². The minimum atomic E-state index is -0.989. The van der Waals surface area contributed by atoms with Crippen molar-refractivity contribution in [2.75, 3.05) is 13.7 Å².